The van der Waals surface area contributed by atoms with Gasteiger partial charge in [-0.2, -0.15) is 0 Å². The fourth-order valence-electron chi connectivity index (χ4n) is 2.24. The van der Waals surface area contributed by atoms with E-state index in [1.54, 1.807) is 6.20 Å². The first kappa shape index (κ1) is 12.6. The predicted molar refractivity (Wildman–Crippen MR) is 70.6 cm³/mol. The number of ether oxygens (including phenoxy) is 1. The molecule has 0 radical (unpaired) electrons. The monoisotopic (exact) mass is 246 g/mol. The Morgan fingerprint density at radius 2 is 2.44 bits per heavy atom. The summed E-state index contributed by atoms with van der Waals surface area (Å²) in [6.45, 7) is 2.28. The van der Waals surface area contributed by atoms with Crippen molar-refractivity contribution in [2.75, 3.05) is 12.3 Å². The van der Waals surface area contributed by atoms with Crippen LogP contribution in [0.1, 0.15) is 31.7 Å². The lowest BCUT2D eigenvalue weighted by Gasteiger charge is -2.21. The molecular weight excluding hydrogens is 228 g/mol. The summed E-state index contributed by atoms with van der Waals surface area (Å²) in [7, 11) is 0. The number of carbonyl (C=O) groups is 1. The minimum atomic E-state index is -0.0908. The summed E-state index contributed by atoms with van der Waals surface area (Å²) >= 11 is 0. The molecule has 4 heteroatoms. The Hall–Kier alpha value is -1.84. The van der Waals surface area contributed by atoms with Crippen LogP contribution in [0.3, 0.4) is 0 Å². The third kappa shape index (κ3) is 2.70. The van der Waals surface area contributed by atoms with E-state index in [9.17, 15) is 4.79 Å². The zero-order valence-corrected chi connectivity index (χ0v) is 10.6. The Balaban J connectivity index is 2.07. The minimum Gasteiger partial charge on any atom is -0.466 e. The van der Waals surface area contributed by atoms with Crippen LogP contribution in [0.5, 0.6) is 0 Å². The molecule has 1 aromatic heterocycles. The van der Waals surface area contributed by atoms with Crippen molar-refractivity contribution >= 4 is 17.4 Å². The van der Waals surface area contributed by atoms with Crippen molar-refractivity contribution in [3.8, 4) is 0 Å². The molecular formula is C14H18N2O2. The Morgan fingerprint density at radius 1 is 1.61 bits per heavy atom. The van der Waals surface area contributed by atoms with Crippen LogP contribution in [0.2, 0.25) is 0 Å². The smallest absolute Gasteiger partial charge is 0.309 e. The summed E-state index contributed by atoms with van der Waals surface area (Å²) in [6, 6.07) is 3.85. The van der Waals surface area contributed by atoms with Crippen LogP contribution < -0.4 is 5.73 Å². The molecule has 4 nitrogen and oxygen atoms in total. The van der Waals surface area contributed by atoms with Gasteiger partial charge in [0.25, 0.3) is 0 Å². The number of esters is 1. The number of aromatic nitrogens is 1. The lowest BCUT2D eigenvalue weighted by atomic mass is 9.87. The number of nitrogen functional groups attached to an aromatic ring is 1. The maximum Gasteiger partial charge on any atom is 0.309 e. The van der Waals surface area contributed by atoms with Gasteiger partial charge in [0.05, 0.1) is 12.5 Å². The van der Waals surface area contributed by atoms with Crippen LogP contribution in [-0.2, 0) is 9.53 Å². The Morgan fingerprint density at radius 3 is 3.06 bits per heavy atom. The van der Waals surface area contributed by atoms with Gasteiger partial charge in [0, 0.05) is 11.8 Å². The molecule has 0 bridgehead atoms. The molecule has 0 saturated carbocycles. The van der Waals surface area contributed by atoms with E-state index in [1.165, 1.54) is 5.57 Å². The van der Waals surface area contributed by atoms with Gasteiger partial charge in [0.1, 0.15) is 5.82 Å². The summed E-state index contributed by atoms with van der Waals surface area (Å²) in [5.74, 6) is 0.455. The van der Waals surface area contributed by atoms with Crippen LogP contribution in [-0.4, -0.2) is 17.6 Å². The maximum absolute atomic E-state index is 11.6. The normalized spacial score (nSPS) is 19.2. The summed E-state index contributed by atoms with van der Waals surface area (Å²) in [4.78, 5) is 15.7. The van der Waals surface area contributed by atoms with Crippen molar-refractivity contribution in [1.82, 2.24) is 4.98 Å². The van der Waals surface area contributed by atoms with Crippen molar-refractivity contribution in [2.24, 2.45) is 5.92 Å². The van der Waals surface area contributed by atoms with Crippen LogP contribution >= 0.6 is 0 Å². The van der Waals surface area contributed by atoms with E-state index in [1.807, 2.05) is 19.1 Å². The highest BCUT2D eigenvalue weighted by Crippen LogP contribution is 2.32. The van der Waals surface area contributed by atoms with E-state index in [4.69, 9.17) is 10.5 Å². The molecule has 0 unspecified atom stereocenters. The second kappa shape index (κ2) is 5.67. The molecule has 18 heavy (non-hydrogen) atoms. The van der Waals surface area contributed by atoms with E-state index < -0.39 is 0 Å². The summed E-state index contributed by atoms with van der Waals surface area (Å²) in [6.07, 6.45) is 6.16. The number of nitrogens with zero attached hydrogens (tertiary/aromatic N) is 1. The van der Waals surface area contributed by atoms with Crippen LogP contribution in [0, 0.1) is 5.92 Å². The number of anilines is 1. The number of allylic oxidation sites excluding steroid dienone is 2. The highest BCUT2D eigenvalue weighted by Gasteiger charge is 2.23. The molecule has 0 aliphatic heterocycles. The number of carbonyl (C=O) groups excluding carboxylic acids is 1. The van der Waals surface area contributed by atoms with E-state index in [0.717, 1.165) is 24.8 Å². The Kier molecular flexibility index (Phi) is 3.97. The predicted octanol–water partition coefficient (Wildman–Crippen LogP) is 2.41. The van der Waals surface area contributed by atoms with E-state index in [0.29, 0.717) is 12.4 Å². The second-order valence-electron chi connectivity index (χ2n) is 4.39. The van der Waals surface area contributed by atoms with Crippen molar-refractivity contribution in [2.45, 2.75) is 26.2 Å². The van der Waals surface area contributed by atoms with E-state index >= 15 is 0 Å². The van der Waals surface area contributed by atoms with Crippen molar-refractivity contribution < 1.29 is 9.53 Å². The molecule has 0 saturated heterocycles. The van der Waals surface area contributed by atoms with Gasteiger partial charge in [-0.3, -0.25) is 4.79 Å². The SMILES string of the molecule is CCOC(=O)[C@H]1CC=C(c2cccnc2N)CC1. The summed E-state index contributed by atoms with van der Waals surface area (Å²) in [5, 5.41) is 0. The number of pyridine rings is 1. The molecule has 0 spiro atoms. The zero-order chi connectivity index (χ0) is 13.0. The molecule has 1 atom stereocenters. The molecule has 2 rings (SSSR count). The van der Waals surface area contributed by atoms with Gasteiger partial charge in [-0.15, -0.1) is 0 Å². The van der Waals surface area contributed by atoms with Crippen molar-refractivity contribution in [3.05, 3.63) is 30.0 Å². The lowest BCUT2D eigenvalue weighted by molar-refractivity contribution is -0.148. The number of nitrogens with two attached hydrogens (primary N) is 1. The fourth-order valence-corrected chi connectivity index (χ4v) is 2.24. The maximum atomic E-state index is 11.6. The first-order valence-corrected chi connectivity index (χ1v) is 6.29. The van der Waals surface area contributed by atoms with Gasteiger partial charge < -0.3 is 10.5 Å². The Labute approximate surface area is 107 Å². The third-order valence-corrected chi connectivity index (χ3v) is 3.22. The zero-order valence-electron chi connectivity index (χ0n) is 10.6. The Bertz CT molecular complexity index is 469. The van der Waals surface area contributed by atoms with Gasteiger partial charge in [-0.1, -0.05) is 6.08 Å². The number of rotatable bonds is 3. The van der Waals surface area contributed by atoms with Crippen molar-refractivity contribution in [1.29, 1.82) is 0 Å². The molecule has 0 amide bonds. The van der Waals surface area contributed by atoms with Crippen LogP contribution in [0.15, 0.2) is 24.4 Å². The topological polar surface area (TPSA) is 65.2 Å². The lowest BCUT2D eigenvalue weighted by Crippen LogP contribution is -2.19. The van der Waals surface area contributed by atoms with Gasteiger partial charge in [-0.05, 0) is 43.9 Å². The van der Waals surface area contributed by atoms with Gasteiger partial charge >= 0.3 is 5.97 Å². The van der Waals surface area contributed by atoms with Gasteiger partial charge in [0.2, 0.25) is 0 Å². The fraction of sp³-hybridized carbons (Fsp3) is 0.429. The molecule has 1 aliphatic carbocycles. The largest absolute Gasteiger partial charge is 0.466 e. The van der Waals surface area contributed by atoms with Crippen LogP contribution in [0.25, 0.3) is 5.57 Å². The standard InChI is InChI=1S/C14H18N2O2/c1-2-18-14(17)11-7-5-10(6-8-11)12-4-3-9-16-13(12)15/h3-5,9,11H,2,6-8H2,1H3,(H2,15,16)/t11-/m0/s1. The number of hydrogen-bond donors (Lipinski definition) is 1. The number of hydrogen-bond acceptors (Lipinski definition) is 4. The molecule has 96 valence electrons. The average Bonchev–Trinajstić information content (AvgIpc) is 2.40. The van der Waals surface area contributed by atoms with Crippen molar-refractivity contribution in [3.63, 3.8) is 0 Å². The molecule has 1 aromatic rings. The molecule has 2 N–H and O–H groups in total. The quantitative estimate of drug-likeness (QED) is 0.832. The van der Waals surface area contributed by atoms with E-state index in [2.05, 4.69) is 11.1 Å². The van der Waals surface area contributed by atoms with E-state index in [-0.39, 0.29) is 11.9 Å². The highest BCUT2D eigenvalue weighted by atomic mass is 16.5. The molecule has 1 heterocycles. The minimum absolute atomic E-state index is 0.00778. The molecule has 1 aliphatic rings. The summed E-state index contributed by atoms with van der Waals surface area (Å²) < 4.78 is 5.04. The molecule has 0 aromatic carbocycles. The average molecular weight is 246 g/mol. The highest BCUT2D eigenvalue weighted by molar-refractivity contribution is 5.77. The summed E-state index contributed by atoms with van der Waals surface area (Å²) in [5.41, 5.74) is 8.02. The van der Waals surface area contributed by atoms with Crippen LogP contribution in [0.4, 0.5) is 5.82 Å². The first-order valence-electron chi connectivity index (χ1n) is 6.29. The molecule has 0 fully saturated rings. The van der Waals surface area contributed by atoms with Gasteiger partial charge in [-0.25, -0.2) is 4.98 Å². The second-order valence-corrected chi connectivity index (χ2v) is 4.39. The third-order valence-electron chi connectivity index (χ3n) is 3.22. The van der Waals surface area contributed by atoms with Gasteiger partial charge in [0.15, 0.2) is 0 Å². The first-order chi connectivity index (χ1) is 8.72.